The second-order valence-electron chi connectivity index (χ2n) is 8.70. The molecule has 4 aromatic rings. The Labute approximate surface area is 190 Å². The van der Waals surface area contributed by atoms with Crippen molar-refractivity contribution in [2.75, 3.05) is 0 Å². The Balaban J connectivity index is 1.80. The Hall–Kier alpha value is -2.69. The number of rotatable bonds is 8. The lowest BCUT2D eigenvalue weighted by Crippen LogP contribution is -1.97. The van der Waals surface area contributed by atoms with Crippen LogP contribution in [0.1, 0.15) is 50.2 Å². The van der Waals surface area contributed by atoms with E-state index in [1.54, 1.807) is 12.1 Å². The standard InChI is InChI=1S/C28H30O3S/c1-3-4-5-6-7-8-21-10-16-27-24(18-21)19-23-17-20(2)9-15-26(23)28(27)22-11-13-25(14-12-22)32(29,30)31/h9-19H,3-8H2,1-2H3,(H,29,30,31). The maximum absolute atomic E-state index is 11.5. The molecule has 0 unspecified atom stereocenters. The first-order valence-electron chi connectivity index (χ1n) is 11.4. The minimum absolute atomic E-state index is 0.0907. The number of hydrogen-bond donors (Lipinski definition) is 1. The molecule has 1 N–H and O–H groups in total. The molecule has 32 heavy (non-hydrogen) atoms. The van der Waals surface area contributed by atoms with Crippen LogP contribution in [-0.4, -0.2) is 13.0 Å². The van der Waals surface area contributed by atoms with Gasteiger partial charge in [0.15, 0.2) is 0 Å². The van der Waals surface area contributed by atoms with Gasteiger partial charge in [0.05, 0.1) is 4.90 Å². The van der Waals surface area contributed by atoms with Crippen LogP contribution >= 0.6 is 0 Å². The van der Waals surface area contributed by atoms with E-state index in [4.69, 9.17) is 0 Å². The zero-order valence-corrected chi connectivity index (χ0v) is 19.6. The molecule has 0 spiro atoms. The van der Waals surface area contributed by atoms with Gasteiger partial charge in [-0.15, -0.1) is 0 Å². The maximum Gasteiger partial charge on any atom is 0.294 e. The highest BCUT2D eigenvalue weighted by Gasteiger charge is 2.13. The normalized spacial score (nSPS) is 12.0. The van der Waals surface area contributed by atoms with E-state index in [1.165, 1.54) is 66.1 Å². The van der Waals surface area contributed by atoms with Crippen LogP contribution in [0, 0.1) is 6.92 Å². The fourth-order valence-electron chi connectivity index (χ4n) is 4.49. The molecule has 3 nitrogen and oxygen atoms in total. The smallest absolute Gasteiger partial charge is 0.282 e. The fourth-order valence-corrected chi connectivity index (χ4v) is 4.97. The fraction of sp³-hybridized carbons (Fsp3) is 0.286. The molecule has 0 saturated carbocycles. The molecule has 0 aliphatic rings. The van der Waals surface area contributed by atoms with Gasteiger partial charge < -0.3 is 0 Å². The van der Waals surface area contributed by atoms with Gasteiger partial charge in [-0.3, -0.25) is 4.55 Å². The number of aryl methyl sites for hydroxylation is 2. The van der Waals surface area contributed by atoms with Gasteiger partial charge in [-0.2, -0.15) is 8.42 Å². The van der Waals surface area contributed by atoms with Crippen molar-refractivity contribution in [2.24, 2.45) is 0 Å². The number of fused-ring (bicyclic) bond motifs is 2. The van der Waals surface area contributed by atoms with Crippen molar-refractivity contribution < 1.29 is 13.0 Å². The molecule has 0 aliphatic heterocycles. The van der Waals surface area contributed by atoms with E-state index in [9.17, 15) is 13.0 Å². The SMILES string of the molecule is CCCCCCCc1ccc2c(-c3ccc(S(=O)(=O)O)cc3)c3ccc(C)cc3cc2c1. The Kier molecular flexibility index (Phi) is 6.63. The van der Waals surface area contributed by atoms with Crippen LogP contribution in [-0.2, 0) is 16.5 Å². The van der Waals surface area contributed by atoms with Crippen molar-refractivity contribution >= 4 is 31.7 Å². The van der Waals surface area contributed by atoms with Crippen LogP contribution in [0.25, 0.3) is 32.7 Å². The highest BCUT2D eigenvalue weighted by Crippen LogP contribution is 2.37. The van der Waals surface area contributed by atoms with Gasteiger partial charge >= 0.3 is 0 Å². The third-order valence-corrected chi connectivity index (χ3v) is 7.05. The summed E-state index contributed by atoms with van der Waals surface area (Å²) in [5.74, 6) is 0. The molecular formula is C28H30O3S. The van der Waals surface area contributed by atoms with E-state index in [0.29, 0.717) is 0 Å². The Morgan fingerprint density at radius 2 is 1.41 bits per heavy atom. The van der Waals surface area contributed by atoms with Crippen molar-refractivity contribution in [1.29, 1.82) is 0 Å². The van der Waals surface area contributed by atoms with Crippen molar-refractivity contribution in [2.45, 2.75) is 57.3 Å². The lowest BCUT2D eigenvalue weighted by atomic mass is 9.90. The third kappa shape index (κ3) is 4.87. The molecular weight excluding hydrogens is 416 g/mol. The average molecular weight is 447 g/mol. The largest absolute Gasteiger partial charge is 0.294 e. The summed E-state index contributed by atoms with van der Waals surface area (Å²) in [6, 6.07) is 21.9. The van der Waals surface area contributed by atoms with E-state index >= 15 is 0 Å². The summed E-state index contributed by atoms with van der Waals surface area (Å²) in [6.45, 7) is 4.33. The molecule has 0 aliphatic carbocycles. The van der Waals surface area contributed by atoms with E-state index in [-0.39, 0.29) is 4.90 Å². The van der Waals surface area contributed by atoms with E-state index in [1.807, 2.05) is 0 Å². The molecule has 0 bridgehead atoms. The molecule has 0 radical (unpaired) electrons. The number of hydrogen-bond acceptors (Lipinski definition) is 2. The molecule has 0 amide bonds. The number of benzene rings is 4. The maximum atomic E-state index is 11.5. The molecule has 166 valence electrons. The lowest BCUT2D eigenvalue weighted by Gasteiger charge is -2.14. The van der Waals surface area contributed by atoms with E-state index in [2.05, 4.69) is 56.3 Å². The van der Waals surface area contributed by atoms with Crippen LogP contribution in [0.3, 0.4) is 0 Å². The average Bonchev–Trinajstić information content (AvgIpc) is 2.76. The van der Waals surface area contributed by atoms with Gasteiger partial charge in [0.2, 0.25) is 0 Å². The Morgan fingerprint density at radius 1 is 0.750 bits per heavy atom. The lowest BCUT2D eigenvalue weighted by molar-refractivity contribution is 0.483. The van der Waals surface area contributed by atoms with Crippen molar-refractivity contribution in [3.8, 4) is 11.1 Å². The predicted octanol–water partition coefficient (Wildman–Crippen LogP) is 7.73. The zero-order chi connectivity index (χ0) is 22.7. The first kappa shape index (κ1) is 22.5. The van der Waals surface area contributed by atoms with Crippen LogP contribution in [0.4, 0.5) is 0 Å². The van der Waals surface area contributed by atoms with Gasteiger partial charge in [-0.25, -0.2) is 0 Å². The minimum atomic E-state index is -4.21. The van der Waals surface area contributed by atoms with E-state index < -0.39 is 10.1 Å². The summed E-state index contributed by atoms with van der Waals surface area (Å²) >= 11 is 0. The molecule has 4 heteroatoms. The molecule has 0 heterocycles. The van der Waals surface area contributed by atoms with E-state index in [0.717, 1.165) is 28.3 Å². The predicted molar refractivity (Wildman–Crippen MR) is 134 cm³/mol. The van der Waals surface area contributed by atoms with Gasteiger partial charge in [-0.1, -0.05) is 86.7 Å². The van der Waals surface area contributed by atoms with Gasteiger partial charge in [-0.05, 0) is 76.2 Å². The minimum Gasteiger partial charge on any atom is -0.282 e. The summed E-state index contributed by atoms with van der Waals surface area (Å²) in [5, 5.41) is 4.65. The highest BCUT2D eigenvalue weighted by atomic mass is 32.2. The quantitative estimate of drug-likeness (QED) is 0.171. The Bertz CT molecular complexity index is 1350. The highest BCUT2D eigenvalue weighted by molar-refractivity contribution is 7.85. The molecule has 0 saturated heterocycles. The first-order chi connectivity index (χ1) is 15.4. The Morgan fingerprint density at radius 3 is 2.09 bits per heavy atom. The van der Waals surface area contributed by atoms with Crippen LogP contribution in [0.15, 0.2) is 71.6 Å². The zero-order valence-electron chi connectivity index (χ0n) is 18.8. The summed E-state index contributed by atoms with van der Waals surface area (Å²) in [7, 11) is -4.21. The summed E-state index contributed by atoms with van der Waals surface area (Å²) in [6.07, 6.45) is 7.44. The molecule has 4 rings (SSSR count). The monoisotopic (exact) mass is 446 g/mol. The van der Waals surface area contributed by atoms with Crippen LogP contribution < -0.4 is 0 Å². The third-order valence-electron chi connectivity index (χ3n) is 6.18. The second kappa shape index (κ2) is 9.43. The second-order valence-corrected chi connectivity index (χ2v) is 10.1. The molecule has 0 atom stereocenters. The summed E-state index contributed by atoms with van der Waals surface area (Å²) in [5.41, 5.74) is 4.59. The van der Waals surface area contributed by atoms with Gasteiger partial charge in [0.1, 0.15) is 0 Å². The van der Waals surface area contributed by atoms with Crippen LogP contribution in [0.2, 0.25) is 0 Å². The molecule has 0 aromatic heterocycles. The van der Waals surface area contributed by atoms with Gasteiger partial charge in [0, 0.05) is 0 Å². The first-order valence-corrected chi connectivity index (χ1v) is 12.8. The molecule has 0 fully saturated rings. The van der Waals surface area contributed by atoms with Crippen LogP contribution in [0.5, 0.6) is 0 Å². The van der Waals surface area contributed by atoms with Gasteiger partial charge in [0.25, 0.3) is 10.1 Å². The topological polar surface area (TPSA) is 54.4 Å². The summed E-state index contributed by atoms with van der Waals surface area (Å²) < 4.78 is 32.3. The van der Waals surface area contributed by atoms with Crippen molar-refractivity contribution in [3.05, 3.63) is 77.9 Å². The molecule has 4 aromatic carbocycles. The van der Waals surface area contributed by atoms with Crippen molar-refractivity contribution in [1.82, 2.24) is 0 Å². The van der Waals surface area contributed by atoms with Crippen molar-refractivity contribution in [3.63, 3.8) is 0 Å². The number of unbranched alkanes of at least 4 members (excludes halogenated alkanes) is 4. The summed E-state index contributed by atoms with van der Waals surface area (Å²) in [4.78, 5) is -0.0907.